The van der Waals surface area contributed by atoms with Crippen LogP contribution in [-0.2, 0) is 22.8 Å². The number of rotatable bonds is 5. The van der Waals surface area contributed by atoms with Crippen LogP contribution in [0.4, 0.5) is 0 Å². The van der Waals surface area contributed by atoms with Gasteiger partial charge in [0.2, 0.25) is 0 Å². The number of nitrogens with zero attached hydrogens (tertiary/aromatic N) is 1. The Morgan fingerprint density at radius 3 is 2.38 bits per heavy atom. The van der Waals surface area contributed by atoms with Crippen LogP contribution in [0.5, 0.6) is 0 Å². The fourth-order valence-electron chi connectivity index (χ4n) is 3.41. The van der Waals surface area contributed by atoms with Gasteiger partial charge in [-0.2, -0.15) is 0 Å². The van der Waals surface area contributed by atoms with E-state index in [9.17, 15) is 13.2 Å². The van der Waals surface area contributed by atoms with Crippen LogP contribution in [0, 0.1) is 6.92 Å². The zero-order valence-corrected chi connectivity index (χ0v) is 16.1. The number of hydrogen-bond donors (Lipinski definition) is 0. The van der Waals surface area contributed by atoms with Gasteiger partial charge in [0.05, 0.1) is 11.5 Å². The van der Waals surface area contributed by atoms with E-state index in [1.54, 1.807) is 11.0 Å². The summed E-state index contributed by atoms with van der Waals surface area (Å²) < 4.78 is 23.9. The third-order valence-electron chi connectivity index (χ3n) is 4.96. The minimum absolute atomic E-state index is 0.0532. The molecule has 3 rings (SSSR count). The highest BCUT2D eigenvalue weighted by Gasteiger charge is 2.35. The molecule has 0 spiro atoms. The minimum Gasteiger partial charge on any atom is -0.330 e. The van der Waals surface area contributed by atoms with Crippen molar-refractivity contribution in [3.63, 3.8) is 0 Å². The van der Waals surface area contributed by atoms with Crippen molar-refractivity contribution >= 4 is 15.7 Å². The zero-order chi connectivity index (χ0) is 18.7. The number of carbonyl (C=O) groups is 1. The highest BCUT2D eigenvalue weighted by molar-refractivity contribution is 7.91. The van der Waals surface area contributed by atoms with Crippen LogP contribution in [-0.4, -0.2) is 36.8 Å². The highest BCUT2D eigenvalue weighted by atomic mass is 32.2. The molecule has 2 aromatic carbocycles. The van der Waals surface area contributed by atoms with Gasteiger partial charge < -0.3 is 4.90 Å². The van der Waals surface area contributed by atoms with E-state index in [4.69, 9.17) is 0 Å². The van der Waals surface area contributed by atoms with Gasteiger partial charge in [0.1, 0.15) is 0 Å². The molecule has 1 atom stereocenters. The lowest BCUT2D eigenvalue weighted by atomic mass is 10.1. The second-order valence-corrected chi connectivity index (χ2v) is 9.26. The van der Waals surface area contributed by atoms with Gasteiger partial charge in [-0.1, -0.05) is 48.9 Å². The van der Waals surface area contributed by atoms with E-state index in [1.165, 1.54) is 5.56 Å². The van der Waals surface area contributed by atoms with E-state index in [1.807, 2.05) is 37.3 Å². The monoisotopic (exact) mass is 371 g/mol. The van der Waals surface area contributed by atoms with Gasteiger partial charge in [0, 0.05) is 18.2 Å². The predicted octanol–water partition coefficient (Wildman–Crippen LogP) is 3.39. The molecule has 4 nitrogen and oxygen atoms in total. The number of benzene rings is 2. The van der Waals surface area contributed by atoms with Gasteiger partial charge in [0.15, 0.2) is 9.84 Å². The molecule has 0 saturated carbocycles. The van der Waals surface area contributed by atoms with Gasteiger partial charge in [0.25, 0.3) is 5.91 Å². The Hall–Kier alpha value is -2.14. The Balaban J connectivity index is 1.89. The number of sulfone groups is 1. The standard InChI is InChI=1S/C21H25NO3S/c1-3-17-7-9-18(10-8-17)14-22(20-11-12-26(24,25)15-20)21(23)19-6-4-5-16(2)13-19/h4-10,13,20H,3,11-12,14-15H2,1-2H3. The Labute approximate surface area is 155 Å². The Morgan fingerprint density at radius 2 is 1.81 bits per heavy atom. The predicted molar refractivity (Wildman–Crippen MR) is 104 cm³/mol. The van der Waals surface area contributed by atoms with Crippen molar-refractivity contribution in [3.8, 4) is 0 Å². The van der Waals surface area contributed by atoms with Crippen LogP contribution in [0.25, 0.3) is 0 Å². The molecule has 1 heterocycles. The molecular formula is C21H25NO3S. The molecule has 1 aliphatic heterocycles. The smallest absolute Gasteiger partial charge is 0.254 e. The quantitative estimate of drug-likeness (QED) is 0.810. The average Bonchev–Trinajstić information content (AvgIpc) is 2.99. The molecule has 1 saturated heterocycles. The lowest BCUT2D eigenvalue weighted by Gasteiger charge is -2.29. The maximum atomic E-state index is 13.2. The normalized spacial score (nSPS) is 18.6. The van der Waals surface area contributed by atoms with Gasteiger partial charge in [-0.15, -0.1) is 0 Å². The first-order chi connectivity index (χ1) is 12.4. The maximum Gasteiger partial charge on any atom is 0.254 e. The summed E-state index contributed by atoms with van der Waals surface area (Å²) in [7, 11) is -3.06. The zero-order valence-electron chi connectivity index (χ0n) is 15.3. The third kappa shape index (κ3) is 4.33. The Kier molecular flexibility index (Phi) is 5.47. The van der Waals surface area contributed by atoms with Crippen molar-refractivity contribution in [1.29, 1.82) is 0 Å². The molecular weight excluding hydrogens is 346 g/mol. The number of carbonyl (C=O) groups excluding carboxylic acids is 1. The molecule has 0 aliphatic carbocycles. The van der Waals surface area contributed by atoms with Crippen LogP contribution in [0.1, 0.15) is 40.4 Å². The van der Waals surface area contributed by atoms with Crippen molar-refractivity contribution in [1.82, 2.24) is 4.90 Å². The second kappa shape index (κ2) is 7.62. The SMILES string of the molecule is CCc1ccc(CN(C(=O)c2cccc(C)c2)C2CCS(=O)(=O)C2)cc1. The van der Waals surface area contributed by atoms with Crippen molar-refractivity contribution in [3.05, 3.63) is 70.8 Å². The third-order valence-corrected chi connectivity index (χ3v) is 6.71. The van der Waals surface area contributed by atoms with E-state index in [0.29, 0.717) is 18.5 Å². The van der Waals surface area contributed by atoms with E-state index in [0.717, 1.165) is 17.5 Å². The molecule has 138 valence electrons. The number of aryl methyl sites for hydroxylation is 2. The van der Waals surface area contributed by atoms with Crippen LogP contribution in [0.2, 0.25) is 0 Å². The molecule has 0 bridgehead atoms. The average molecular weight is 372 g/mol. The van der Waals surface area contributed by atoms with Gasteiger partial charge >= 0.3 is 0 Å². The first-order valence-corrected chi connectivity index (χ1v) is 10.9. The Morgan fingerprint density at radius 1 is 1.12 bits per heavy atom. The molecule has 1 aliphatic rings. The molecule has 2 aromatic rings. The van der Waals surface area contributed by atoms with Crippen molar-refractivity contribution in [2.45, 2.75) is 39.3 Å². The first kappa shape index (κ1) is 18.6. The maximum absolute atomic E-state index is 13.2. The van der Waals surface area contributed by atoms with Crippen LogP contribution >= 0.6 is 0 Å². The largest absolute Gasteiger partial charge is 0.330 e. The van der Waals surface area contributed by atoms with E-state index >= 15 is 0 Å². The summed E-state index contributed by atoms with van der Waals surface area (Å²) in [5.74, 6) is 0.108. The van der Waals surface area contributed by atoms with Crippen molar-refractivity contribution in [2.75, 3.05) is 11.5 Å². The van der Waals surface area contributed by atoms with Gasteiger partial charge in [-0.3, -0.25) is 4.79 Å². The number of amides is 1. The molecule has 1 fully saturated rings. The highest BCUT2D eigenvalue weighted by Crippen LogP contribution is 2.23. The topological polar surface area (TPSA) is 54.5 Å². The summed E-state index contributed by atoms with van der Waals surface area (Å²) in [4.78, 5) is 14.9. The molecule has 0 radical (unpaired) electrons. The summed E-state index contributed by atoms with van der Waals surface area (Å²) >= 11 is 0. The number of hydrogen-bond acceptors (Lipinski definition) is 3. The van der Waals surface area contributed by atoms with Crippen LogP contribution in [0.3, 0.4) is 0 Å². The minimum atomic E-state index is -3.06. The molecule has 26 heavy (non-hydrogen) atoms. The molecule has 0 aromatic heterocycles. The lowest BCUT2D eigenvalue weighted by molar-refractivity contribution is 0.0681. The van der Waals surface area contributed by atoms with Crippen LogP contribution < -0.4 is 0 Å². The van der Waals surface area contributed by atoms with Crippen molar-refractivity contribution < 1.29 is 13.2 Å². The van der Waals surface area contributed by atoms with Gasteiger partial charge in [-0.25, -0.2) is 8.42 Å². The Bertz CT molecular complexity index is 888. The van der Waals surface area contributed by atoms with E-state index in [-0.39, 0.29) is 23.5 Å². The molecule has 0 N–H and O–H groups in total. The second-order valence-electron chi connectivity index (χ2n) is 7.03. The first-order valence-electron chi connectivity index (χ1n) is 9.04. The fourth-order valence-corrected chi connectivity index (χ4v) is 5.14. The summed E-state index contributed by atoms with van der Waals surface area (Å²) in [5, 5.41) is 0. The summed E-state index contributed by atoms with van der Waals surface area (Å²) in [5.41, 5.74) is 3.89. The van der Waals surface area contributed by atoms with E-state index < -0.39 is 9.84 Å². The molecule has 1 amide bonds. The van der Waals surface area contributed by atoms with Crippen molar-refractivity contribution in [2.24, 2.45) is 0 Å². The summed E-state index contributed by atoms with van der Waals surface area (Å²) in [6.45, 7) is 4.48. The molecule has 1 unspecified atom stereocenters. The lowest BCUT2D eigenvalue weighted by Crippen LogP contribution is -2.40. The van der Waals surface area contributed by atoms with Gasteiger partial charge in [-0.05, 0) is 43.0 Å². The summed E-state index contributed by atoms with van der Waals surface area (Å²) in [6.07, 6.45) is 1.47. The molecule has 5 heteroatoms. The van der Waals surface area contributed by atoms with E-state index in [2.05, 4.69) is 19.1 Å². The summed E-state index contributed by atoms with van der Waals surface area (Å²) in [6, 6.07) is 15.4. The fraction of sp³-hybridized carbons (Fsp3) is 0.381. The van der Waals surface area contributed by atoms with Crippen LogP contribution in [0.15, 0.2) is 48.5 Å².